The predicted octanol–water partition coefficient (Wildman–Crippen LogP) is 3.48. The Morgan fingerprint density at radius 1 is 0.960 bits per heavy atom. The van der Waals surface area contributed by atoms with Crippen LogP contribution in [0.15, 0.2) is 48.6 Å². The van der Waals surface area contributed by atoms with Gasteiger partial charge in [-0.1, -0.05) is 75.1 Å². The highest BCUT2D eigenvalue weighted by molar-refractivity contribution is 5.66. The van der Waals surface area contributed by atoms with Crippen LogP contribution in [0.3, 0.4) is 0 Å². The number of rotatable bonds is 14. The Morgan fingerprint density at radius 3 is 2.24 bits per heavy atom. The first-order chi connectivity index (χ1) is 11.9. The Kier molecular flexibility index (Phi) is 13.6. The van der Waals surface area contributed by atoms with Crippen LogP contribution >= 0.6 is 0 Å². The van der Waals surface area contributed by atoms with Gasteiger partial charge in [0.1, 0.15) is 0 Å². The fraction of sp³-hybridized carbons (Fsp3) is 0.550. The molecule has 0 aliphatic rings. The monoisotopic (exact) mass is 352 g/mol. The zero-order chi connectivity index (χ0) is 19.0. The van der Waals surface area contributed by atoms with Crippen LogP contribution in [-0.4, -0.2) is 38.3 Å². The number of allylic oxidation sites excluding steroid dienone is 6. The first-order valence-corrected chi connectivity index (χ1v) is 8.91. The maximum atomic E-state index is 10.4. The quantitative estimate of drug-likeness (QED) is 0.218. The normalized spacial score (nSPS) is 14.4. The fourth-order valence-electron chi connectivity index (χ4n) is 2.12. The van der Waals surface area contributed by atoms with Gasteiger partial charge in [0.15, 0.2) is 5.79 Å². The summed E-state index contributed by atoms with van der Waals surface area (Å²) in [4.78, 5) is 10.4. The van der Waals surface area contributed by atoms with E-state index >= 15 is 0 Å². The molecule has 4 N–H and O–H groups in total. The minimum atomic E-state index is -1.99. The van der Waals surface area contributed by atoms with Gasteiger partial charge in [-0.3, -0.25) is 4.79 Å². The Balaban J connectivity index is 3.99. The molecule has 5 nitrogen and oxygen atoms in total. The van der Waals surface area contributed by atoms with Crippen LogP contribution in [0, 0.1) is 0 Å². The van der Waals surface area contributed by atoms with E-state index in [1.165, 1.54) is 25.0 Å². The Hall–Kier alpha value is -1.69. The SMILES string of the molecule is CCCCCC[C@@H](O)C=CC=CC=CC=CC(O)(O)CCCC(=O)O. The van der Waals surface area contributed by atoms with Crippen LogP contribution in [0.25, 0.3) is 0 Å². The van der Waals surface area contributed by atoms with Gasteiger partial charge in [-0.25, -0.2) is 0 Å². The lowest BCUT2D eigenvalue weighted by Crippen LogP contribution is -2.24. The van der Waals surface area contributed by atoms with E-state index in [1.54, 1.807) is 36.5 Å². The van der Waals surface area contributed by atoms with E-state index in [-0.39, 0.29) is 19.3 Å². The summed E-state index contributed by atoms with van der Waals surface area (Å²) < 4.78 is 0. The molecule has 0 heterocycles. The third kappa shape index (κ3) is 16.9. The van der Waals surface area contributed by atoms with Crippen molar-refractivity contribution in [3.63, 3.8) is 0 Å². The zero-order valence-electron chi connectivity index (χ0n) is 15.1. The lowest BCUT2D eigenvalue weighted by Gasteiger charge is -2.16. The molecule has 0 saturated carbocycles. The largest absolute Gasteiger partial charge is 0.481 e. The van der Waals surface area contributed by atoms with Crippen molar-refractivity contribution in [2.75, 3.05) is 0 Å². The first kappa shape index (κ1) is 23.3. The van der Waals surface area contributed by atoms with Crippen LogP contribution < -0.4 is 0 Å². The van der Waals surface area contributed by atoms with E-state index in [0.29, 0.717) is 0 Å². The summed E-state index contributed by atoms with van der Waals surface area (Å²) in [6, 6.07) is 0. The molecule has 25 heavy (non-hydrogen) atoms. The van der Waals surface area contributed by atoms with Gasteiger partial charge >= 0.3 is 5.97 Å². The van der Waals surface area contributed by atoms with E-state index < -0.39 is 17.9 Å². The average molecular weight is 352 g/mol. The van der Waals surface area contributed by atoms with Crippen molar-refractivity contribution in [1.82, 2.24) is 0 Å². The maximum absolute atomic E-state index is 10.4. The molecular weight excluding hydrogens is 320 g/mol. The highest BCUT2D eigenvalue weighted by atomic mass is 16.5. The molecule has 0 fully saturated rings. The van der Waals surface area contributed by atoms with E-state index in [2.05, 4.69) is 6.92 Å². The van der Waals surface area contributed by atoms with Crippen LogP contribution in [0.5, 0.6) is 0 Å². The summed E-state index contributed by atoms with van der Waals surface area (Å²) in [5.41, 5.74) is 0. The van der Waals surface area contributed by atoms with Gasteiger partial charge in [0.05, 0.1) is 6.10 Å². The summed E-state index contributed by atoms with van der Waals surface area (Å²) in [7, 11) is 0. The number of carbonyl (C=O) groups is 1. The summed E-state index contributed by atoms with van der Waals surface area (Å²) in [5, 5.41) is 37.5. The number of aliphatic carboxylic acids is 1. The second kappa shape index (κ2) is 14.6. The molecule has 0 rings (SSSR count). The van der Waals surface area contributed by atoms with Gasteiger partial charge in [-0.15, -0.1) is 0 Å². The predicted molar refractivity (Wildman–Crippen MR) is 100.0 cm³/mol. The van der Waals surface area contributed by atoms with Gasteiger partial charge in [0, 0.05) is 12.8 Å². The van der Waals surface area contributed by atoms with Crippen LogP contribution in [-0.2, 0) is 4.79 Å². The summed E-state index contributed by atoms with van der Waals surface area (Å²) in [6.07, 6.45) is 18.2. The van der Waals surface area contributed by atoms with Crippen molar-refractivity contribution in [2.24, 2.45) is 0 Å². The van der Waals surface area contributed by atoms with E-state index in [1.807, 2.05) is 0 Å². The Labute approximate surface area is 150 Å². The minimum absolute atomic E-state index is 0.0294. The molecule has 0 aromatic heterocycles. The average Bonchev–Trinajstić information content (AvgIpc) is 2.53. The molecule has 0 saturated heterocycles. The molecule has 5 heteroatoms. The number of hydrogen-bond acceptors (Lipinski definition) is 4. The molecule has 142 valence electrons. The van der Waals surface area contributed by atoms with E-state index in [9.17, 15) is 20.1 Å². The molecule has 0 bridgehead atoms. The lowest BCUT2D eigenvalue weighted by atomic mass is 10.1. The number of hydrogen-bond donors (Lipinski definition) is 4. The number of carboxylic acids is 1. The molecule has 0 aromatic rings. The zero-order valence-corrected chi connectivity index (χ0v) is 15.1. The van der Waals surface area contributed by atoms with Crippen molar-refractivity contribution in [3.05, 3.63) is 48.6 Å². The maximum Gasteiger partial charge on any atom is 0.303 e. The second-order valence-electron chi connectivity index (χ2n) is 6.06. The molecule has 0 amide bonds. The van der Waals surface area contributed by atoms with E-state index in [0.717, 1.165) is 19.3 Å². The second-order valence-corrected chi connectivity index (χ2v) is 6.06. The topological polar surface area (TPSA) is 98.0 Å². The standard InChI is InChI=1S/C20H32O5/c1-2-3-4-9-13-18(21)14-10-7-5-6-8-11-16-20(24,25)17-12-15-19(22)23/h5-8,10-11,14,16,18,21,24-25H,2-4,9,12-13,15,17H2,1H3,(H,22,23)/t18-/m1/s1. The minimum Gasteiger partial charge on any atom is -0.481 e. The Morgan fingerprint density at radius 2 is 1.60 bits per heavy atom. The smallest absolute Gasteiger partial charge is 0.303 e. The summed E-state index contributed by atoms with van der Waals surface area (Å²) >= 11 is 0. The molecule has 0 radical (unpaired) electrons. The van der Waals surface area contributed by atoms with E-state index in [4.69, 9.17) is 5.11 Å². The van der Waals surface area contributed by atoms with Crippen molar-refractivity contribution >= 4 is 5.97 Å². The van der Waals surface area contributed by atoms with Gasteiger partial charge in [-0.2, -0.15) is 0 Å². The number of unbranched alkanes of at least 4 members (excludes halogenated alkanes) is 3. The molecule has 1 atom stereocenters. The van der Waals surface area contributed by atoms with Crippen molar-refractivity contribution in [2.45, 2.75) is 70.2 Å². The van der Waals surface area contributed by atoms with Gasteiger partial charge in [0.2, 0.25) is 0 Å². The van der Waals surface area contributed by atoms with Crippen molar-refractivity contribution in [3.8, 4) is 0 Å². The molecule has 0 aromatic carbocycles. The molecular formula is C20H32O5. The molecule has 0 spiro atoms. The summed E-state index contributed by atoms with van der Waals surface area (Å²) in [5.74, 6) is -2.95. The first-order valence-electron chi connectivity index (χ1n) is 8.91. The molecule has 0 aliphatic carbocycles. The number of aliphatic hydroxyl groups is 3. The molecule has 0 unspecified atom stereocenters. The highest BCUT2D eigenvalue weighted by Gasteiger charge is 2.18. The lowest BCUT2D eigenvalue weighted by molar-refractivity contribution is -0.139. The van der Waals surface area contributed by atoms with Crippen LogP contribution in [0.2, 0.25) is 0 Å². The van der Waals surface area contributed by atoms with Crippen LogP contribution in [0.1, 0.15) is 58.3 Å². The summed E-state index contributed by atoms with van der Waals surface area (Å²) in [6.45, 7) is 2.16. The van der Waals surface area contributed by atoms with Crippen molar-refractivity contribution in [1.29, 1.82) is 0 Å². The highest BCUT2D eigenvalue weighted by Crippen LogP contribution is 2.12. The third-order valence-corrected chi connectivity index (χ3v) is 3.54. The third-order valence-electron chi connectivity index (χ3n) is 3.54. The van der Waals surface area contributed by atoms with Crippen molar-refractivity contribution < 1.29 is 25.2 Å². The van der Waals surface area contributed by atoms with Gasteiger partial charge in [-0.05, 0) is 18.9 Å². The fourth-order valence-corrected chi connectivity index (χ4v) is 2.12. The Bertz CT molecular complexity index is 461. The van der Waals surface area contributed by atoms with Crippen LogP contribution in [0.4, 0.5) is 0 Å². The number of carboxylic acid groups (broad SMARTS) is 1. The van der Waals surface area contributed by atoms with Gasteiger partial charge in [0.25, 0.3) is 0 Å². The number of aliphatic hydroxyl groups excluding tert-OH is 1. The molecule has 0 aliphatic heterocycles. The van der Waals surface area contributed by atoms with Gasteiger partial charge < -0.3 is 20.4 Å².